The molecule has 0 unspecified atom stereocenters. The molecule has 1 amide bonds. The molecule has 0 aliphatic rings. The molecule has 0 radical (unpaired) electrons. The summed E-state index contributed by atoms with van der Waals surface area (Å²) in [6, 6.07) is 12.0. The van der Waals surface area contributed by atoms with Crippen molar-refractivity contribution in [2.75, 3.05) is 12.4 Å². The number of benzene rings is 1. The van der Waals surface area contributed by atoms with Gasteiger partial charge in [0.1, 0.15) is 11.5 Å². The maximum Gasteiger partial charge on any atom is 0.275 e. The van der Waals surface area contributed by atoms with Crippen LogP contribution in [0.2, 0.25) is 0 Å². The molecule has 0 saturated heterocycles. The lowest BCUT2D eigenvalue weighted by Gasteiger charge is -2.17. The topological polar surface area (TPSA) is 106 Å². The molecule has 3 heterocycles. The van der Waals surface area contributed by atoms with Crippen molar-refractivity contribution in [1.29, 1.82) is 0 Å². The van der Waals surface area contributed by atoms with Crippen molar-refractivity contribution in [3.63, 3.8) is 0 Å². The smallest absolute Gasteiger partial charge is 0.275 e. The van der Waals surface area contributed by atoms with E-state index in [1.54, 1.807) is 32.2 Å². The maximum absolute atomic E-state index is 13.9. The van der Waals surface area contributed by atoms with Gasteiger partial charge in [-0.2, -0.15) is 4.39 Å². The van der Waals surface area contributed by atoms with E-state index in [-0.39, 0.29) is 29.1 Å². The van der Waals surface area contributed by atoms with Crippen molar-refractivity contribution in [2.24, 2.45) is 0 Å². The van der Waals surface area contributed by atoms with Crippen LogP contribution in [0.5, 0.6) is 0 Å². The number of carbonyl (C=O) groups is 2. The van der Waals surface area contributed by atoms with E-state index in [2.05, 4.69) is 20.6 Å². The van der Waals surface area contributed by atoms with E-state index >= 15 is 0 Å². The molecule has 3 aromatic heterocycles. The lowest BCUT2D eigenvalue weighted by molar-refractivity contribution is -0.117. The Bertz CT molecular complexity index is 1520. The normalized spacial score (nSPS) is 11.7. The number of halogens is 2. The van der Waals surface area contributed by atoms with Gasteiger partial charge < -0.3 is 15.2 Å². The number of hydrogen-bond donors (Lipinski definition) is 2. The predicted octanol–water partition coefficient (Wildman–Crippen LogP) is 3.41. The second-order valence-corrected chi connectivity index (χ2v) is 8.31. The summed E-state index contributed by atoms with van der Waals surface area (Å²) in [5.41, 5.74) is 1.34. The quantitative estimate of drug-likeness (QED) is 0.282. The van der Waals surface area contributed by atoms with Crippen LogP contribution in [0.4, 0.5) is 14.5 Å². The minimum atomic E-state index is -0.717. The highest BCUT2D eigenvalue weighted by Gasteiger charge is 2.17. The van der Waals surface area contributed by atoms with Gasteiger partial charge in [-0.1, -0.05) is 0 Å². The van der Waals surface area contributed by atoms with Gasteiger partial charge in [0.15, 0.2) is 5.78 Å². The first-order valence-corrected chi connectivity index (χ1v) is 11.3. The first-order valence-electron chi connectivity index (χ1n) is 11.3. The highest BCUT2D eigenvalue weighted by Crippen LogP contribution is 2.21. The molecule has 0 aliphatic carbocycles. The summed E-state index contributed by atoms with van der Waals surface area (Å²) < 4.78 is 28.5. The lowest BCUT2D eigenvalue weighted by Crippen LogP contribution is -2.37. The largest absolute Gasteiger partial charge is 0.320 e. The van der Waals surface area contributed by atoms with Crippen molar-refractivity contribution in [1.82, 2.24) is 19.9 Å². The molecule has 1 atom stereocenters. The van der Waals surface area contributed by atoms with Gasteiger partial charge in [0.25, 0.3) is 5.56 Å². The Hall–Kier alpha value is -4.57. The van der Waals surface area contributed by atoms with E-state index in [0.717, 1.165) is 0 Å². The van der Waals surface area contributed by atoms with E-state index in [9.17, 15) is 23.2 Å². The molecule has 2 N–H and O–H groups in total. The predicted molar refractivity (Wildman–Crippen MR) is 134 cm³/mol. The van der Waals surface area contributed by atoms with Crippen LogP contribution in [0.3, 0.4) is 0 Å². The van der Waals surface area contributed by atoms with E-state index < -0.39 is 29.3 Å². The number of carbonyl (C=O) groups excluding carboxylic acids is 2. The standard InChI is InChI=1S/C27H23F2N5O3/c1-16(30-2)26(36)33-22-7-8-23(19-9-10-32-24(29)12-19)34(27(22)37)15-17-11-20(14-31-13-17)25(35)18-3-5-21(28)6-4-18/h3-14,16,30H,15H2,1-2H3,(H,33,36)/t16-/m0/s1. The second-order valence-electron chi connectivity index (χ2n) is 8.31. The fraction of sp³-hybridized carbons (Fsp3) is 0.148. The first kappa shape index (κ1) is 25.5. The molecular formula is C27H23F2N5O3. The molecule has 4 aromatic rings. The molecule has 37 heavy (non-hydrogen) atoms. The highest BCUT2D eigenvalue weighted by atomic mass is 19.1. The van der Waals surface area contributed by atoms with Gasteiger partial charge >= 0.3 is 0 Å². The number of hydrogen-bond acceptors (Lipinski definition) is 6. The van der Waals surface area contributed by atoms with Crippen LogP contribution < -0.4 is 16.2 Å². The third-order valence-corrected chi connectivity index (χ3v) is 5.78. The highest BCUT2D eigenvalue weighted by molar-refractivity contribution is 6.08. The Morgan fingerprint density at radius 1 is 1.00 bits per heavy atom. The Morgan fingerprint density at radius 2 is 1.76 bits per heavy atom. The van der Waals surface area contributed by atoms with Crippen molar-refractivity contribution >= 4 is 17.4 Å². The van der Waals surface area contributed by atoms with E-state index in [1.807, 2.05) is 0 Å². The van der Waals surface area contributed by atoms with Gasteiger partial charge in [0.2, 0.25) is 11.9 Å². The molecular weight excluding hydrogens is 480 g/mol. The van der Waals surface area contributed by atoms with Crippen molar-refractivity contribution in [2.45, 2.75) is 19.5 Å². The third kappa shape index (κ3) is 5.81. The minimum Gasteiger partial charge on any atom is -0.320 e. The number of anilines is 1. The molecule has 188 valence electrons. The zero-order valence-electron chi connectivity index (χ0n) is 20.0. The van der Waals surface area contributed by atoms with Crippen LogP contribution in [-0.2, 0) is 11.3 Å². The van der Waals surface area contributed by atoms with Crippen LogP contribution in [-0.4, -0.2) is 39.3 Å². The van der Waals surface area contributed by atoms with E-state index in [4.69, 9.17) is 0 Å². The van der Waals surface area contributed by atoms with Crippen LogP contribution in [0.1, 0.15) is 28.4 Å². The number of pyridine rings is 3. The van der Waals surface area contributed by atoms with E-state index in [0.29, 0.717) is 16.8 Å². The summed E-state index contributed by atoms with van der Waals surface area (Å²) in [5, 5.41) is 5.42. The summed E-state index contributed by atoms with van der Waals surface area (Å²) in [7, 11) is 1.62. The Kier molecular flexibility index (Phi) is 7.59. The number of ketones is 1. The molecule has 10 heteroatoms. The molecule has 0 bridgehead atoms. The summed E-state index contributed by atoms with van der Waals surface area (Å²) in [4.78, 5) is 46.4. The maximum atomic E-state index is 13.9. The fourth-order valence-corrected chi connectivity index (χ4v) is 3.67. The van der Waals surface area contributed by atoms with Gasteiger partial charge in [0.05, 0.1) is 18.3 Å². The van der Waals surface area contributed by atoms with Crippen LogP contribution >= 0.6 is 0 Å². The molecule has 0 saturated carbocycles. The second kappa shape index (κ2) is 11.0. The average molecular weight is 504 g/mol. The molecule has 1 aromatic carbocycles. The Labute approximate surface area is 211 Å². The van der Waals surface area contributed by atoms with Gasteiger partial charge in [0, 0.05) is 41.3 Å². The van der Waals surface area contributed by atoms with Gasteiger partial charge in [-0.3, -0.25) is 19.4 Å². The Balaban J connectivity index is 1.75. The average Bonchev–Trinajstić information content (AvgIpc) is 2.90. The van der Waals surface area contributed by atoms with Gasteiger partial charge in [-0.15, -0.1) is 0 Å². The monoisotopic (exact) mass is 503 g/mol. The van der Waals surface area contributed by atoms with Crippen molar-refractivity contribution in [3.8, 4) is 11.3 Å². The number of aromatic nitrogens is 3. The molecule has 0 fully saturated rings. The molecule has 0 aliphatic heterocycles. The van der Waals surface area contributed by atoms with Gasteiger partial charge in [-0.25, -0.2) is 9.37 Å². The Morgan fingerprint density at radius 3 is 2.46 bits per heavy atom. The number of amides is 1. The first-order chi connectivity index (χ1) is 17.8. The lowest BCUT2D eigenvalue weighted by atomic mass is 10.0. The summed E-state index contributed by atoms with van der Waals surface area (Å²) in [5.74, 6) is -1.94. The number of nitrogens with zero attached hydrogens (tertiary/aromatic N) is 3. The van der Waals surface area contributed by atoms with Crippen LogP contribution in [0, 0.1) is 11.8 Å². The number of nitrogens with one attached hydrogen (secondary N) is 2. The fourth-order valence-electron chi connectivity index (χ4n) is 3.67. The zero-order chi connectivity index (χ0) is 26.5. The number of likely N-dealkylation sites (N-methyl/N-ethyl adjacent to an activating group) is 1. The van der Waals surface area contributed by atoms with Gasteiger partial charge in [-0.05, 0) is 68.1 Å². The minimum absolute atomic E-state index is 0.0268. The SMILES string of the molecule is CN[C@@H](C)C(=O)Nc1ccc(-c2ccnc(F)c2)n(Cc2cncc(C(=O)c3ccc(F)cc3)c2)c1=O. The van der Waals surface area contributed by atoms with E-state index in [1.165, 1.54) is 59.6 Å². The summed E-state index contributed by atoms with van der Waals surface area (Å²) in [6.45, 7) is 1.62. The van der Waals surface area contributed by atoms with Crippen molar-refractivity contribution in [3.05, 3.63) is 112 Å². The zero-order valence-corrected chi connectivity index (χ0v) is 20.0. The third-order valence-electron chi connectivity index (χ3n) is 5.78. The molecule has 0 spiro atoms. The summed E-state index contributed by atoms with van der Waals surface area (Å²) in [6.07, 6.45) is 4.17. The van der Waals surface area contributed by atoms with Crippen LogP contribution in [0.15, 0.2) is 78.0 Å². The molecule has 4 rings (SSSR count). The summed E-state index contributed by atoms with van der Waals surface area (Å²) >= 11 is 0. The molecule has 8 nitrogen and oxygen atoms in total. The van der Waals surface area contributed by atoms with Crippen molar-refractivity contribution < 1.29 is 18.4 Å². The van der Waals surface area contributed by atoms with Crippen LogP contribution in [0.25, 0.3) is 11.3 Å². The number of rotatable bonds is 8.